The minimum Gasteiger partial charge on any atom is -0.372 e. The summed E-state index contributed by atoms with van der Waals surface area (Å²) in [5.74, 6) is 0. The molecule has 0 radical (unpaired) electrons. The van der Waals surface area contributed by atoms with E-state index in [1.54, 1.807) is 0 Å². The molecule has 0 amide bonds. The monoisotopic (exact) mass is 247 g/mol. The van der Waals surface area contributed by atoms with Crippen molar-refractivity contribution >= 4 is 5.69 Å². The summed E-state index contributed by atoms with van der Waals surface area (Å²) in [4.78, 5) is 2.53. The van der Waals surface area contributed by atoms with E-state index in [2.05, 4.69) is 64.6 Å². The van der Waals surface area contributed by atoms with E-state index in [0.29, 0.717) is 5.41 Å². The lowest BCUT2D eigenvalue weighted by Gasteiger charge is -2.29. The normalized spacial score (nSPS) is 11.7. The van der Waals surface area contributed by atoms with E-state index in [1.165, 1.54) is 29.7 Å². The van der Waals surface area contributed by atoms with Crippen molar-refractivity contribution < 1.29 is 0 Å². The number of nitrogens with zero attached hydrogens (tertiary/aromatic N) is 1. The van der Waals surface area contributed by atoms with Crippen molar-refractivity contribution in [1.82, 2.24) is 0 Å². The molecule has 0 aliphatic heterocycles. The molecule has 0 bridgehead atoms. The summed E-state index contributed by atoms with van der Waals surface area (Å²) in [6, 6.07) is 6.87. The molecule has 1 heteroatoms. The summed E-state index contributed by atoms with van der Waals surface area (Å²) >= 11 is 0. The van der Waals surface area contributed by atoms with Crippen LogP contribution in [0.4, 0.5) is 5.69 Å². The van der Waals surface area contributed by atoms with Gasteiger partial charge in [0.2, 0.25) is 0 Å². The Morgan fingerprint density at radius 3 is 1.94 bits per heavy atom. The molecule has 1 aromatic rings. The molecule has 102 valence electrons. The standard InChI is InChI=1S/C17H29N/c1-7-9-18(10-8-17(4,5)6)16-12-14(2)11-15(3)13-16/h11-13H,7-10H2,1-6H3. The Bertz CT molecular complexity index is 353. The van der Waals surface area contributed by atoms with Crippen molar-refractivity contribution in [1.29, 1.82) is 0 Å². The molecular formula is C17H29N. The molecule has 18 heavy (non-hydrogen) atoms. The smallest absolute Gasteiger partial charge is 0.0371 e. The summed E-state index contributed by atoms with van der Waals surface area (Å²) in [5, 5.41) is 0. The van der Waals surface area contributed by atoms with Gasteiger partial charge in [-0.15, -0.1) is 0 Å². The van der Waals surface area contributed by atoms with E-state index in [1.807, 2.05) is 0 Å². The first kappa shape index (κ1) is 15.1. The second-order valence-electron chi connectivity index (χ2n) is 6.64. The summed E-state index contributed by atoms with van der Waals surface area (Å²) in [6.45, 7) is 15.9. The molecule has 1 rings (SSSR count). The molecule has 0 N–H and O–H groups in total. The Morgan fingerprint density at radius 1 is 0.944 bits per heavy atom. The van der Waals surface area contributed by atoms with Gasteiger partial charge in [-0.05, 0) is 55.4 Å². The zero-order chi connectivity index (χ0) is 13.8. The maximum absolute atomic E-state index is 2.53. The van der Waals surface area contributed by atoms with E-state index < -0.39 is 0 Å². The van der Waals surface area contributed by atoms with Crippen LogP contribution in [0.25, 0.3) is 0 Å². The molecule has 0 spiro atoms. The van der Waals surface area contributed by atoms with Crippen molar-refractivity contribution in [3.8, 4) is 0 Å². The third-order valence-corrected chi connectivity index (χ3v) is 3.20. The van der Waals surface area contributed by atoms with Crippen LogP contribution in [-0.4, -0.2) is 13.1 Å². The maximum atomic E-state index is 2.53. The first-order chi connectivity index (χ1) is 8.31. The molecule has 0 saturated heterocycles. The predicted molar refractivity (Wildman–Crippen MR) is 82.5 cm³/mol. The van der Waals surface area contributed by atoms with Gasteiger partial charge in [-0.2, -0.15) is 0 Å². The van der Waals surface area contributed by atoms with Gasteiger partial charge in [0.05, 0.1) is 0 Å². The summed E-state index contributed by atoms with van der Waals surface area (Å²) in [5.41, 5.74) is 4.52. The lowest BCUT2D eigenvalue weighted by atomic mass is 9.92. The minimum absolute atomic E-state index is 0.408. The van der Waals surface area contributed by atoms with Gasteiger partial charge in [0, 0.05) is 18.8 Å². The fourth-order valence-electron chi connectivity index (χ4n) is 2.24. The van der Waals surface area contributed by atoms with Gasteiger partial charge in [-0.25, -0.2) is 0 Å². The fraction of sp³-hybridized carbons (Fsp3) is 0.647. The van der Waals surface area contributed by atoms with Gasteiger partial charge >= 0.3 is 0 Å². The van der Waals surface area contributed by atoms with Crippen molar-refractivity contribution in [3.63, 3.8) is 0 Å². The Hall–Kier alpha value is -0.980. The number of hydrogen-bond donors (Lipinski definition) is 0. The summed E-state index contributed by atoms with van der Waals surface area (Å²) in [6.07, 6.45) is 2.44. The quantitative estimate of drug-likeness (QED) is 0.711. The Kier molecular flexibility index (Phi) is 5.25. The molecule has 0 saturated carbocycles. The summed E-state index contributed by atoms with van der Waals surface area (Å²) < 4.78 is 0. The number of benzene rings is 1. The van der Waals surface area contributed by atoms with Gasteiger partial charge in [0.1, 0.15) is 0 Å². The molecule has 1 aromatic carbocycles. The molecule has 0 unspecified atom stereocenters. The highest BCUT2D eigenvalue weighted by molar-refractivity contribution is 5.50. The Labute approximate surface area is 113 Å². The van der Waals surface area contributed by atoms with Crippen LogP contribution in [0, 0.1) is 19.3 Å². The minimum atomic E-state index is 0.408. The van der Waals surface area contributed by atoms with Crippen LogP contribution in [0.3, 0.4) is 0 Å². The average molecular weight is 247 g/mol. The zero-order valence-electron chi connectivity index (χ0n) is 13.0. The SMILES string of the molecule is CCCN(CCC(C)(C)C)c1cc(C)cc(C)c1. The topological polar surface area (TPSA) is 3.24 Å². The molecule has 0 fully saturated rings. The van der Waals surface area contributed by atoms with Crippen LogP contribution < -0.4 is 4.90 Å². The second-order valence-corrected chi connectivity index (χ2v) is 6.64. The summed E-state index contributed by atoms with van der Waals surface area (Å²) in [7, 11) is 0. The first-order valence-corrected chi connectivity index (χ1v) is 7.15. The Balaban J connectivity index is 2.83. The first-order valence-electron chi connectivity index (χ1n) is 7.15. The zero-order valence-corrected chi connectivity index (χ0v) is 13.0. The van der Waals surface area contributed by atoms with E-state index in [0.717, 1.165) is 13.1 Å². The number of hydrogen-bond acceptors (Lipinski definition) is 1. The van der Waals surface area contributed by atoms with Crippen LogP contribution in [0.5, 0.6) is 0 Å². The third kappa shape index (κ3) is 5.12. The highest BCUT2D eigenvalue weighted by atomic mass is 15.1. The molecular weight excluding hydrogens is 218 g/mol. The number of aryl methyl sites for hydroxylation is 2. The molecule has 0 heterocycles. The van der Waals surface area contributed by atoms with E-state index >= 15 is 0 Å². The van der Waals surface area contributed by atoms with Crippen molar-refractivity contribution in [2.75, 3.05) is 18.0 Å². The maximum Gasteiger partial charge on any atom is 0.0371 e. The fourth-order valence-corrected chi connectivity index (χ4v) is 2.24. The molecule has 0 aliphatic rings. The van der Waals surface area contributed by atoms with Gasteiger partial charge in [0.15, 0.2) is 0 Å². The molecule has 0 atom stereocenters. The van der Waals surface area contributed by atoms with Crippen LogP contribution in [0.1, 0.15) is 51.7 Å². The van der Waals surface area contributed by atoms with Crippen LogP contribution >= 0.6 is 0 Å². The average Bonchev–Trinajstić information content (AvgIpc) is 2.21. The lowest BCUT2D eigenvalue weighted by molar-refractivity contribution is 0.378. The number of rotatable bonds is 5. The Morgan fingerprint density at radius 2 is 1.50 bits per heavy atom. The lowest BCUT2D eigenvalue weighted by Crippen LogP contribution is -2.28. The van der Waals surface area contributed by atoms with Crippen molar-refractivity contribution in [2.45, 2.75) is 54.4 Å². The van der Waals surface area contributed by atoms with Crippen LogP contribution in [0.15, 0.2) is 18.2 Å². The van der Waals surface area contributed by atoms with Crippen LogP contribution in [0.2, 0.25) is 0 Å². The highest BCUT2D eigenvalue weighted by Gasteiger charge is 2.13. The van der Waals surface area contributed by atoms with E-state index in [-0.39, 0.29) is 0 Å². The van der Waals surface area contributed by atoms with E-state index in [9.17, 15) is 0 Å². The van der Waals surface area contributed by atoms with Gasteiger partial charge in [-0.3, -0.25) is 0 Å². The third-order valence-electron chi connectivity index (χ3n) is 3.20. The van der Waals surface area contributed by atoms with Gasteiger partial charge in [-0.1, -0.05) is 33.8 Å². The van der Waals surface area contributed by atoms with E-state index in [4.69, 9.17) is 0 Å². The van der Waals surface area contributed by atoms with Gasteiger partial charge in [0.25, 0.3) is 0 Å². The highest BCUT2D eigenvalue weighted by Crippen LogP contribution is 2.23. The largest absolute Gasteiger partial charge is 0.372 e. The second kappa shape index (κ2) is 6.26. The van der Waals surface area contributed by atoms with Crippen molar-refractivity contribution in [3.05, 3.63) is 29.3 Å². The van der Waals surface area contributed by atoms with Crippen LogP contribution in [-0.2, 0) is 0 Å². The number of anilines is 1. The van der Waals surface area contributed by atoms with Crippen molar-refractivity contribution in [2.24, 2.45) is 5.41 Å². The molecule has 0 aliphatic carbocycles. The molecule has 0 aromatic heterocycles. The van der Waals surface area contributed by atoms with Gasteiger partial charge < -0.3 is 4.90 Å². The predicted octanol–water partition coefficient (Wildman–Crippen LogP) is 4.96. The molecule has 1 nitrogen and oxygen atoms in total.